The molecule has 76 valence electrons. The number of halogens is 1. The Hall–Kier alpha value is -0.995. The van der Waals surface area contributed by atoms with Gasteiger partial charge in [0.25, 0.3) is 0 Å². The molecule has 0 N–H and O–H groups in total. The van der Waals surface area contributed by atoms with Crippen molar-refractivity contribution in [3.05, 3.63) is 28.1 Å². The van der Waals surface area contributed by atoms with E-state index in [0.717, 1.165) is 32.5 Å². The molecule has 2 aromatic heterocycles. The number of hydrogen-bond acceptors (Lipinski definition) is 3. The van der Waals surface area contributed by atoms with Crippen molar-refractivity contribution < 1.29 is 9.21 Å². The molecule has 2 rings (SSSR count). The van der Waals surface area contributed by atoms with Crippen LogP contribution in [-0.4, -0.2) is 14.1 Å². The maximum Gasteiger partial charge on any atom is 0.186 e. The topological polar surface area (TPSA) is 30.2 Å². The second-order valence-corrected chi connectivity index (χ2v) is 4.90. The average Bonchev–Trinajstić information content (AvgIpc) is 2.73. The van der Waals surface area contributed by atoms with E-state index in [1.54, 1.807) is 0 Å². The standard InChI is InChI=1S/C10H8BClO2S/c11-8-5-6(3-4-13)10(14-8)7-1-2-9(12)15-7/h1-2,4-5H,3,11H2. The lowest BCUT2D eigenvalue weighted by atomic mass is 10.0. The van der Waals surface area contributed by atoms with Gasteiger partial charge in [-0.15, -0.1) is 11.3 Å². The van der Waals surface area contributed by atoms with Crippen LogP contribution in [0.5, 0.6) is 0 Å². The molecule has 0 saturated heterocycles. The summed E-state index contributed by atoms with van der Waals surface area (Å²) in [5, 5.41) is 0. The van der Waals surface area contributed by atoms with Crippen LogP contribution in [0.2, 0.25) is 4.34 Å². The fourth-order valence-electron chi connectivity index (χ4n) is 1.45. The fourth-order valence-corrected chi connectivity index (χ4v) is 2.51. The summed E-state index contributed by atoms with van der Waals surface area (Å²) in [6, 6.07) is 5.61. The van der Waals surface area contributed by atoms with Crippen molar-refractivity contribution in [1.29, 1.82) is 0 Å². The van der Waals surface area contributed by atoms with Crippen LogP contribution < -0.4 is 5.66 Å². The molecule has 2 heterocycles. The Labute approximate surface area is 97.3 Å². The summed E-state index contributed by atoms with van der Waals surface area (Å²) in [7, 11) is 1.87. The van der Waals surface area contributed by atoms with Crippen molar-refractivity contribution in [2.24, 2.45) is 0 Å². The van der Waals surface area contributed by atoms with Crippen LogP contribution in [0, 0.1) is 0 Å². The van der Waals surface area contributed by atoms with E-state index in [4.69, 9.17) is 16.0 Å². The van der Waals surface area contributed by atoms with Gasteiger partial charge in [-0.05, 0) is 18.2 Å². The molecule has 0 radical (unpaired) electrons. The molecule has 0 amide bonds. The first-order valence-electron chi connectivity index (χ1n) is 4.49. The van der Waals surface area contributed by atoms with E-state index < -0.39 is 0 Å². The van der Waals surface area contributed by atoms with E-state index in [-0.39, 0.29) is 0 Å². The summed E-state index contributed by atoms with van der Waals surface area (Å²) in [6.45, 7) is 0. The number of furan rings is 1. The molecule has 0 atom stereocenters. The molecule has 0 spiro atoms. The maximum absolute atomic E-state index is 10.5. The Morgan fingerprint density at radius 2 is 2.33 bits per heavy atom. The third-order valence-electron chi connectivity index (χ3n) is 2.03. The summed E-state index contributed by atoms with van der Waals surface area (Å²) in [6.07, 6.45) is 1.26. The van der Waals surface area contributed by atoms with Gasteiger partial charge in [-0.1, -0.05) is 11.6 Å². The van der Waals surface area contributed by atoms with Gasteiger partial charge in [-0.25, -0.2) is 0 Å². The van der Waals surface area contributed by atoms with Gasteiger partial charge in [0.15, 0.2) is 7.85 Å². The van der Waals surface area contributed by atoms with Crippen molar-refractivity contribution in [3.8, 4) is 10.6 Å². The summed E-state index contributed by atoms with van der Waals surface area (Å²) in [5.41, 5.74) is 1.73. The van der Waals surface area contributed by atoms with Crippen molar-refractivity contribution in [2.45, 2.75) is 6.42 Å². The van der Waals surface area contributed by atoms with Crippen LogP contribution >= 0.6 is 22.9 Å². The smallest absolute Gasteiger partial charge is 0.186 e. The SMILES string of the molecule is Bc1cc(CC=O)c(-c2ccc(Cl)s2)o1. The Balaban J connectivity index is 2.46. The van der Waals surface area contributed by atoms with Crippen molar-refractivity contribution in [3.63, 3.8) is 0 Å². The third-order valence-corrected chi connectivity index (χ3v) is 3.26. The zero-order chi connectivity index (χ0) is 10.8. The molecule has 0 bridgehead atoms. The lowest BCUT2D eigenvalue weighted by Gasteiger charge is -1.94. The Morgan fingerprint density at radius 1 is 1.53 bits per heavy atom. The lowest BCUT2D eigenvalue weighted by molar-refractivity contribution is -0.107. The highest BCUT2D eigenvalue weighted by molar-refractivity contribution is 7.19. The summed E-state index contributed by atoms with van der Waals surface area (Å²) in [5.74, 6) is 0.761. The highest BCUT2D eigenvalue weighted by Gasteiger charge is 2.12. The van der Waals surface area contributed by atoms with E-state index in [1.165, 1.54) is 11.3 Å². The van der Waals surface area contributed by atoms with Crippen LogP contribution in [0.25, 0.3) is 10.6 Å². The second kappa shape index (κ2) is 4.25. The number of carbonyl (C=O) groups is 1. The van der Waals surface area contributed by atoms with Gasteiger partial charge >= 0.3 is 0 Å². The number of rotatable bonds is 3. The molecule has 0 aliphatic carbocycles. The predicted molar refractivity (Wildman–Crippen MR) is 65.0 cm³/mol. The highest BCUT2D eigenvalue weighted by atomic mass is 35.5. The lowest BCUT2D eigenvalue weighted by Crippen LogP contribution is -1.94. The van der Waals surface area contributed by atoms with Gasteiger partial charge < -0.3 is 9.21 Å². The third kappa shape index (κ3) is 2.16. The molecule has 0 aromatic carbocycles. The van der Waals surface area contributed by atoms with E-state index in [0.29, 0.717) is 6.42 Å². The van der Waals surface area contributed by atoms with E-state index in [9.17, 15) is 4.79 Å². The van der Waals surface area contributed by atoms with Gasteiger partial charge in [-0.2, -0.15) is 0 Å². The number of hydrogen-bond donors (Lipinski definition) is 0. The monoisotopic (exact) mass is 238 g/mol. The molecule has 2 nitrogen and oxygen atoms in total. The maximum atomic E-state index is 10.5. The zero-order valence-electron chi connectivity index (χ0n) is 8.12. The fraction of sp³-hybridized carbons (Fsp3) is 0.100. The van der Waals surface area contributed by atoms with Crippen LogP contribution in [0.4, 0.5) is 0 Å². The Bertz CT molecular complexity index is 489. The second-order valence-electron chi connectivity index (χ2n) is 3.19. The van der Waals surface area contributed by atoms with Crippen molar-refractivity contribution in [1.82, 2.24) is 0 Å². The van der Waals surface area contributed by atoms with E-state index in [1.807, 2.05) is 26.0 Å². The minimum atomic E-state index is 0.377. The number of aldehydes is 1. The summed E-state index contributed by atoms with van der Waals surface area (Å²) >= 11 is 7.30. The van der Waals surface area contributed by atoms with Gasteiger partial charge in [0.2, 0.25) is 0 Å². The summed E-state index contributed by atoms with van der Waals surface area (Å²) in [4.78, 5) is 11.5. The van der Waals surface area contributed by atoms with E-state index in [2.05, 4.69) is 0 Å². The first-order valence-corrected chi connectivity index (χ1v) is 5.69. The predicted octanol–water partition coefficient (Wildman–Crippen LogP) is 1.66. The zero-order valence-corrected chi connectivity index (χ0v) is 9.69. The van der Waals surface area contributed by atoms with Crippen LogP contribution in [0.15, 0.2) is 22.6 Å². The first-order chi connectivity index (χ1) is 7.20. The van der Waals surface area contributed by atoms with Crippen molar-refractivity contribution in [2.75, 3.05) is 0 Å². The van der Waals surface area contributed by atoms with Crippen LogP contribution in [0.1, 0.15) is 5.56 Å². The molecule has 15 heavy (non-hydrogen) atoms. The van der Waals surface area contributed by atoms with Gasteiger partial charge in [-0.3, -0.25) is 0 Å². The molecule has 0 saturated carbocycles. The Morgan fingerprint density at radius 3 is 2.93 bits per heavy atom. The highest BCUT2D eigenvalue weighted by Crippen LogP contribution is 2.33. The average molecular weight is 239 g/mol. The van der Waals surface area contributed by atoms with Crippen molar-refractivity contribution >= 4 is 42.7 Å². The van der Waals surface area contributed by atoms with E-state index >= 15 is 0 Å². The molecular weight excluding hydrogens is 230 g/mol. The van der Waals surface area contributed by atoms with Gasteiger partial charge in [0, 0.05) is 12.0 Å². The molecule has 0 aliphatic heterocycles. The molecule has 5 heteroatoms. The number of carbonyl (C=O) groups excluding carboxylic acids is 1. The minimum absolute atomic E-state index is 0.377. The summed E-state index contributed by atoms with van der Waals surface area (Å²) < 4.78 is 6.28. The van der Waals surface area contributed by atoms with Gasteiger partial charge in [0.1, 0.15) is 12.0 Å². The largest absolute Gasteiger partial charge is 0.471 e. The quantitative estimate of drug-likeness (QED) is 0.601. The first kappa shape index (κ1) is 10.5. The normalized spacial score (nSPS) is 10.5. The van der Waals surface area contributed by atoms with Gasteiger partial charge in [0.05, 0.1) is 14.9 Å². The van der Waals surface area contributed by atoms with Crippen LogP contribution in [0.3, 0.4) is 0 Å². The molecular formula is C10H8BClO2S. The Kier molecular flexibility index (Phi) is 2.98. The number of thiophene rings is 1. The minimum Gasteiger partial charge on any atom is -0.471 e. The molecule has 0 aliphatic rings. The molecule has 0 unspecified atom stereocenters. The van der Waals surface area contributed by atoms with Crippen LogP contribution in [-0.2, 0) is 11.2 Å². The molecule has 0 fully saturated rings. The molecule has 2 aromatic rings.